The van der Waals surface area contributed by atoms with Gasteiger partial charge in [0, 0.05) is 209 Å². The van der Waals surface area contributed by atoms with Crippen molar-refractivity contribution in [3.8, 4) is 0 Å². The maximum absolute atomic E-state index is 11.4. The molecule has 12 aromatic rings. The van der Waals surface area contributed by atoms with Crippen LogP contribution in [0.1, 0.15) is 176 Å². The number of unbranched alkanes of at least 4 members (excludes halogenated alkanes) is 7. The molecule has 8 aromatic carbocycles. The van der Waals surface area contributed by atoms with Crippen molar-refractivity contribution in [2.24, 2.45) is 26.5 Å². The highest BCUT2D eigenvalue weighted by molar-refractivity contribution is 6.16. The molecule has 0 aliphatic rings. The van der Waals surface area contributed by atoms with Crippen LogP contribution in [0.3, 0.4) is 0 Å². The topological polar surface area (TPSA) is 375 Å². The van der Waals surface area contributed by atoms with Crippen LogP contribution in [0.5, 0.6) is 0 Å². The second-order valence-electron chi connectivity index (χ2n) is 29.5. The van der Waals surface area contributed by atoms with Gasteiger partial charge in [-0.25, -0.2) is 19.2 Å². The van der Waals surface area contributed by atoms with Gasteiger partial charge in [-0.3, -0.25) is 40.5 Å². The van der Waals surface area contributed by atoms with Crippen molar-refractivity contribution >= 4 is 157 Å². The van der Waals surface area contributed by atoms with Crippen LogP contribution in [-0.2, 0) is 78.9 Å². The minimum absolute atomic E-state index is 0.0343. The Hall–Kier alpha value is -13.0. The Balaban J connectivity index is 0.000000184. The average molecular weight is 1660 g/mol. The van der Waals surface area contributed by atoms with E-state index in [1.54, 1.807) is 76.2 Å². The molecule has 0 aliphatic carbocycles. The Morgan fingerprint density at radius 1 is 0.314 bits per heavy atom. The molecule has 0 unspecified atom stereocenters. The summed E-state index contributed by atoms with van der Waals surface area (Å²) in [6.45, 7) is 29.3. The first-order valence-corrected chi connectivity index (χ1v) is 40.5. The van der Waals surface area contributed by atoms with E-state index < -0.39 is 33.7 Å². The van der Waals surface area contributed by atoms with Gasteiger partial charge in [0.2, 0.25) is 0 Å². The van der Waals surface area contributed by atoms with Crippen LogP contribution in [0.2, 0.25) is 0 Å². The number of ether oxygens (including phenoxy) is 3. The van der Waals surface area contributed by atoms with Gasteiger partial charge in [-0.05, 0) is 155 Å². The lowest BCUT2D eigenvalue weighted by Gasteiger charge is -2.10. The van der Waals surface area contributed by atoms with E-state index in [1.807, 2.05) is 85.8 Å². The molecule has 0 saturated heterocycles. The highest BCUT2D eigenvalue weighted by atomic mass is 16.7. The predicted octanol–water partition coefficient (Wildman–Crippen LogP) is 20.6. The standard InChI is InChI=1S/C26H33N3O5.C23H27N3O5.C21H23N3O4.C20H21N3O5/c1-4-5-6-7-8-9-15-33-16-14-28-25-12-10-21(19(2)27-34-20(3)30)17-23(25)24-18-22(29(31)32)11-13-26(24)28;1-4-5-6-12-30-13-11-25-22-9-7-18(16(2)24-31-17(3)27)14-20(22)21-15-19(26(28)29)8-10-23(21)25;1-13(2)9-10-23-20-7-5-16(14(3)22-28-15(4)25)11-18(20)19-12-17(24(26)27)6-8-21(19)23;1-4-27-10-9-22-19-7-5-15(13(2)21-28-14(3)24)11-17(19)18-12-16(23(25)26)6-8-20(18)22/h10-13,17-18H,4-9,14-16H2,1-3H3;7-10,14-15H,4-6,11-13H2,1-3H3;5-8,11-13H,9-10H2,1-4H3;5-8,11-12H,4,9-10H2,1-3H3/b27-19+;24-16+;22-14+;21-13+. The van der Waals surface area contributed by atoms with Crippen LogP contribution < -0.4 is 0 Å². The van der Waals surface area contributed by atoms with Gasteiger partial charge in [-0.2, -0.15) is 0 Å². The quantitative estimate of drug-likeness (QED) is 0.0116. The van der Waals surface area contributed by atoms with E-state index in [2.05, 4.69) is 66.6 Å². The molecule has 121 heavy (non-hydrogen) atoms. The number of carbonyl (C=O) groups excluding carboxylic acids is 4. The highest BCUT2D eigenvalue weighted by Gasteiger charge is 2.22. The van der Waals surface area contributed by atoms with E-state index in [9.17, 15) is 59.6 Å². The van der Waals surface area contributed by atoms with Crippen LogP contribution in [0.25, 0.3) is 87.2 Å². The van der Waals surface area contributed by atoms with Crippen molar-refractivity contribution < 1.29 is 72.4 Å². The van der Waals surface area contributed by atoms with Gasteiger partial charge in [-0.1, -0.05) is 118 Å². The van der Waals surface area contributed by atoms with Gasteiger partial charge < -0.3 is 51.8 Å². The molecule has 4 aromatic heterocycles. The number of oxime groups is 4. The maximum Gasteiger partial charge on any atom is 0.331 e. The van der Waals surface area contributed by atoms with Gasteiger partial charge in [0.15, 0.2) is 0 Å². The number of rotatable bonds is 36. The summed E-state index contributed by atoms with van der Waals surface area (Å²) in [6, 6.07) is 42.8. The number of nitrogens with zero attached hydrogens (tertiary/aromatic N) is 12. The molecule has 0 N–H and O–H groups in total. The lowest BCUT2D eigenvalue weighted by molar-refractivity contribution is -0.384. The van der Waals surface area contributed by atoms with Gasteiger partial charge in [0.25, 0.3) is 22.7 Å². The lowest BCUT2D eigenvalue weighted by Crippen LogP contribution is -2.07. The van der Waals surface area contributed by atoms with E-state index in [4.69, 9.17) is 33.6 Å². The smallest absolute Gasteiger partial charge is 0.331 e. The molecule has 0 fully saturated rings. The summed E-state index contributed by atoms with van der Waals surface area (Å²) < 4.78 is 25.7. The third-order valence-electron chi connectivity index (χ3n) is 20.2. The van der Waals surface area contributed by atoms with Gasteiger partial charge in [0.05, 0.1) is 62.4 Å². The van der Waals surface area contributed by atoms with Crippen LogP contribution in [-0.4, -0.2) is 124 Å². The monoisotopic (exact) mass is 1660 g/mol. The third kappa shape index (κ3) is 24.4. The number of nitro groups is 4. The van der Waals surface area contributed by atoms with E-state index in [0.717, 1.165) is 161 Å². The minimum atomic E-state index is -0.497. The first kappa shape index (κ1) is 91.9. The summed E-state index contributed by atoms with van der Waals surface area (Å²) in [7, 11) is 0. The van der Waals surface area contributed by atoms with Gasteiger partial charge >= 0.3 is 23.9 Å². The molecule has 0 aliphatic heterocycles. The van der Waals surface area contributed by atoms with Crippen LogP contribution in [0.15, 0.2) is 166 Å². The number of nitro benzene ring substituents is 4. The fourth-order valence-corrected chi connectivity index (χ4v) is 14.1. The third-order valence-corrected chi connectivity index (χ3v) is 20.2. The Labute approximate surface area is 699 Å². The van der Waals surface area contributed by atoms with Crippen molar-refractivity contribution in [1.29, 1.82) is 0 Å². The molecule has 0 spiro atoms. The van der Waals surface area contributed by atoms with Gasteiger partial charge in [0.1, 0.15) is 0 Å². The maximum atomic E-state index is 11.4. The fraction of sp³-hybridized carbons (Fsp3) is 0.378. The van der Waals surface area contributed by atoms with Crippen molar-refractivity contribution in [2.45, 2.75) is 180 Å². The number of carbonyl (C=O) groups is 4. The summed E-state index contributed by atoms with van der Waals surface area (Å²) in [5.41, 5.74) is 13.0. The zero-order valence-electron chi connectivity index (χ0n) is 70.7. The zero-order chi connectivity index (χ0) is 87.6. The largest absolute Gasteiger partial charge is 0.380 e. The van der Waals surface area contributed by atoms with E-state index in [-0.39, 0.29) is 32.6 Å². The van der Waals surface area contributed by atoms with Crippen LogP contribution >= 0.6 is 0 Å². The molecule has 0 bridgehead atoms. The first-order chi connectivity index (χ1) is 58.0. The number of hydrogen-bond acceptors (Lipinski definition) is 23. The average Bonchev–Trinajstić information content (AvgIpc) is 1.62. The van der Waals surface area contributed by atoms with Crippen LogP contribution in [0.4, 0.5) is 22.7 Å². The van der Waals surface area contributed by atoms with E-state index >= 15 is 0 Å². The molecule has 0 saturated carbocycles. The van der Waals surface area contributed by atoms with E-state index in [1.165, 1.54) is 78.0 Å². The molecule has 31 nitrogen and oxygen atoms in total. The molecule has 12 rings (SSSR count). The lowest BCUT2D eigenvalue weighted by atomic mass is 10.1. The Bertz CT molecular complexity index is 5930. The molecule has 4 heterocycles. The van der Waals surface area contributed by atoms with Crippen molar-refractivity contribution in [3.05, 3.63) is 208 Å². The molecular weight excluding hydrogens is 1550 g/mol. The Kier molecular flexibility index (Phi) is 33.5. The second-order valence-corrected chi connectivity index (χ2v) is 29.5. The number of aromatic nitrogens is 4. The number of non-ortho nitro benzene ring substituents is 4. The van der Waals surface area contributed by atoms with Crippen molar-refractivity contribution in [1.82, 2.24) is 18.3 Å². The summed E-state index contributed by atoms with van der Waals surface area (Å²) in [5.74, 6) is -1.42. The Morgan fingerprint density at radius 2 is 0.545 bits per heavy atom. The first-order valence-electron chi connectivity index (χ1n) is 40.5. The summed E-state index contributed by atoms with van der Waals surface area (Å²) in [6.07, 6.45) is 11.7. The van der Waals surface area contributed by atoms with Crippen molar-refractivity contribution in [3.63, 3.8) is 0 Å². The SMILES string of the molecule is CC(=O)O/N=C(\C)c1ccc2c(c1)c1cc([N+](=O)[O-])ccc1n2CCC(C)C.CCCCCCCCOCCn1c2ccc(/C(C)=N/OC(C)=O)cc2c2cc([N+](=O)[O-])ccc21.CCCCCOCCn1c2ccc(/C(C)=N/OC(C)=O)cc2c2cc([N+](=O)[O-])ccc21.CCOCCn1c2ccc(/C(C)=N/OC(C)=O)cc2c2cc([N+](=O)[O-])ccc21. The molecule has 0 amide bonds. The second kappa shape index (κ2) is 44.2. The number of fused-ring (bicyclic) bond motifs is 12. The summed E-state index contributed by atoms with van der Waals surface area (Å²) in [4.78, 5) is 107. The molecule has 31 heteroatoms. The van der Waals surface area contributed by atoms with Gasteiger partial charge in [-0.15, -0.1) is 0 Å². The molecule has 0 radical (unpaired) electrons. The minimum Gasteiger partial charge on any atom is -0.380 e. The molecule has 638 valence electrons. The number of aryl methyl sites for hydroxylation is 1. The normalized spacial score (nSPS) is 12.0. The predicted molar refractivity (Wildman–Crippen MR) is 471 cm³/mol. The molecular formula is C90H104N12O19. The van der Waals surface area contributed by atoms with Crippen molar-refractivity contribution in [2.75, 3.05) is 39.6 Å². The Morgan fingerprint density at radius 3 is 0.802 bits per heavy atom. The highest BCUT2D eigenvalue weighted by Crippen LogP contribution is 2.38. The number of hydrogen-bond donors (Lipinski definition) is 0. The summed E-state index contributed by atoms with van der Waals surface area (Å²) in [5, 5.41) is 67.3. The molecule has 0 atom stereocenters. The fourth-order valence-electron chi connectivity index (χ4n) is 14.1. The van der Waals surface area contributed by atoms with E-state index in [0.29, 0.717) is 74.8 Å². The number of benzene rings is 8. The zero-order valence-corrected chi connectivity index (χ0v) is 70.7. The summed E-state index contributed by atoms with van der Waals surface area (Å²) >= 11 is 0. The van der Waals surface area contributed by atoms with Crippen LogP contribution in [0, 0.1) is 46.4 Å².